The Bertz CT molecular complexity index is 1110. The summed E-state index contributed by atoms with van der Waals surface area (Å²) < 4.78 is 46.3. The van der Waals surface area contributed by atoms with Gasteiger partial charge in [0.05, 0.1) is 11.4 Å². The zero-order chi connectivity index (χ0) is 25.9. The van der Waals surface area contributed by atoms with Crippen molar-refractivity contribution in [2.75, 3.05) is 36.1 Å². The smallest absolute Gasteiger partial charge is 0.356 e. The van der Waals surface area contributed by atoms with Crippen LogP contribution < -0.4 is 16.0 Å². The predicted octanol–water partition coefficient (Wildman–Crippen LogP) is 4.04. The standard InChI is InChI=1S/C24H29F3N6O3/c1-3-20(34)30-19-11-15(14-5-4-6-14)7-8-18(19)31-21-17(24(25,26)27)12-28-22(32-21)29-16-9-10-33(13-16)23(35)36-2/h3,7-8,11-12,14,16,23,35H,1,4-6,9-10,13H2,2H3,(H,30,34)(H2,28,29,31,32). The van der Waals surface area contributed by atoms with Gasteiger partial charge in [0, 0.05) is 32.4 Å². The maximum atomic E-state index is 13.8. The first kappa shape index (κ1) is 25.9. The average Bonchev–Trinajstić information content (AvgIpc) is 3.26. The monoisotopic (exact) mass is 506 g/mol. The molecule has 2 unspecified atom stereocenters. The number of carbonyl (C=O) groups is 1. The van der Waals surface area contributed by atoms with Crippen LogP contribution in [-0.4, -0.2) is 58.5 Å². The van der Waals surface area contributed by atoms with E-state index in [1.54, 1.807) is 17.0 Å². The molecule has 1 aromatic carbocycles. The van der Waals surface area contributed by atoms with Crippen molar-refractivity contribution in [3.63, 3.8) is 0 Å². The van der Waals surface area contributed by atoms with Gasteiger partial charge in [-0.3, -0.25) is 9.69 Å². The molecule has 2 atom stereocenters. The third kappa shape index (κ3) is 5.94. The number of aromatic nitrogens is 2. The topological polar surface area (TPSA) is 112 Å². The summed E-state index contributed by atoms with van der Waals surface area (Å²) in [5, 5.41) is 18.3. The first-order chi connectivity index (χ1) is 17.2. The van der Waals surface area contributed by atoms with Gasteiger partial charge in [-0.25, -0.2) is 4.98 Å². The number of rotatable bonds is 9. The Morgan fingerprint density at radius 2 is 2.08 bits per heavy atom. The van der Waals surface area contributed by atoms with Gasteiger partial charge in [-0.1, -0.05) is 19.1 Å². The number of likely N-dealkylation sites (tertiary alicyclic amines) is 1. The highest BCUT2D eigenvalue weighted by molar-refractivity contribution is 6.01. The number of carbonyl (C=O) groups excluding carboxylic acids is 1. The summed E-state index contributed by atoms with van der Waals surface area (Å²) in [4.78, 5) is 21.7. The fourth-order valence-electron chi connectivity index (χ4n) is 4.27. The molecule has 1 saturated carbocycles. The summed E-state index contributed by atoms with van der Waals surface area (Å²) in [5.74, 6) is -0.556. The summed E-state index contributed by atoms with van der Waals surface area (Å²) in [7, 11) is 1.38. The summed E-state index contributed by atoms with van der Waals surface area (Å²) in [6.45, 7) is 4.39. The first-order valence-corrected chi connectivity index (χ1v) is 11.7. The number of aliphatic hydroxyl groups excluding tert-OH is 1. The molecular formula is C24H29F3N6O3. The van der Waals surface area contributed by atoms with Gasteiger partial charge in [0.15, 0.2) is 0 Å². The minimum Gasteiger partial charge on any atom is -0.356 e. The molecule has 9 nitrogen and oxygen atoms in total. The normalized spacial score (nSPS) is 19.4. The highest BCUT2D eigenvalue weighted by Gasteiger charge is 2.36. The van der Waals surface area contributed by atoms with Gasteiger partial charge >= 0.3 is 6.18 Å². The maximum Gasteiger partial charge on any atom is 0.421 e. The minimum atomic E-state index is -4.70. The molecule has 1 aliphatic heterocycles. The van der Waals surface area contributed by atoms with Crippen LogP contribution in [0.2, 0.25) is 0 Å². The molecule has 1 saturated heterocycles. The van der Waals surface area contributed by atoms with Crippen LogP contribution in [0.15, 0.2) is 37.1 Å². The number of amides is 1. The lowest BCUT2D eigenvalue weighted by atomic mass is 9.80. The molecule has 1 amide bonds. The van der Waals surface area contributed by atoms with E-state index in [4.69, 9.17) is 4.74 Å². The Labute approximate surface area is 206 Å². The molecule has 36 heavy (non-hydrogen) atoms. The van der Waals surface area contributed by atoms with Gasteiger partial charge in [0.1, 0.15) is 11.4 Å². The third-order valence-corrected chi connectivity index (χ3v) is 6.49. The number of halogens is 3. The van der Waals surface area contributed by atoms with Crippen LogP contribution in [-0.2, 0) is 15.7 Å². The number of ether oxygens (including phenoxy) is 1. The number of anilines is 4. The van der Waals surface area contributed by atoms with E-state index in [9.17, 15) is 23.1 Å². The van der Waals surface area contributed by atoms with Crippen molar-refractivity contribution in [1.82, 2.24) is 14.9 Å². The number of nitrogens with zero attached hydrogens (tertiary/aromatic N) is 3. The quantitative estimate of drug-likeness (QED) is 0.298. The van der Waals surface area contributed by atoms with Gasteiger partial charge in [-0.2, -0.15) is 18.2 Å². The van der Waals surface area contributed by atoms with E-state index in [1.165, 1.54) is 7.11 Å². The van der Waals surface area contributed by atoms with E-state index in [-0.39, 0.29) is 17.7 Å². The largest absolute Gasteiger partial charge is 0.421 e. The number of aliphatic hydroxyl groups is 1. The molecule has 2 aromatic rings. The Morgan fingerprint density at radius 3 is 2.72 bits per heavy atom. The van der Waals surface area contributed by atoms with Gasteiger partial charge in [0.25, 0.3) is 0 Å². The molecule has 0 radical (unpaired) electrons. The van der Waals surface area contributed by atoms with Crippen LogP contribution in [0, 0.1) is 0 Å². The summed E-state index contributed by atoms with van der Waals surface area (Å²) in [6, 6.07) is 5.07. The van der Waals surface area contributed by atoms with E-state index in [1.807, 2.05) is 6.07 Å². The van der Waals surface area contributed by atoms with Crippen molar-refractivity contribution >= 4 is 29.0 Å². The second-order valence-electron chi connectivity index (χ2n) is 8.89. The van der Waals surface area contributed by atoms with Crippen LogP contribution in [0.25, 0.3) is 0 Å². The van der Waals surface area contributed by atoms with E-state index < -0.39 is 29.9 Å². The molecule has 4 rings (SSSR count). The number of hydrogen-bond donors (Lipinski definition) is 4. The zero-order valence-electron chi connectivity index (χ0n) is 19.8. The van der Waals surface area contributed by atoms with E-state index in [0.717, 1.165) is 37.1 Å². The van der Waals surface area contributed by atoms with Gasteiger partial charge < -0.3 is 25.8 Å². The highest BCUT2D eigenvalue weighted by Crippen LogP contribution is 2.40. The van der Waals surface area contributed by atoms with Crippen molar-refractivity contribution in [2.24, 2.45) is 0 Å². The van der Waals surface area contributed by atoms with Crippen LogP contribution in [0.3, 0.4) is 0 Å². The number of hydrogen-bond acceptors (Lipinski definition) is 8. The van der Waals surface area contributed by atoms with Gasteiger partial charge in [-0.05, 0) is 49.0 Å². The molecular weight excluding hydrogens is 477 g/mol. The Kier molecular flexibility index (Phi) is 7.76. The van der Waals surface area contributed by atoms with Crippen molar-refractivity contribution in [3.05, 3.63) is 48.2 Å². The van der Waals surface area contributed by atoms with Gasteiger partial charge in [-0.15, -0.1) is 0 Å². The Morgan fingerprint density at radius 1 is 1.31 bits per heavy atom. The molecule has 2 heterocycles. The molecule has 194 valence electrons. The number of methoxy groups -OCH3 is 1. The summed E-state index contributed by atoms with van der Waals surface area (Å²) in [5.41, 5.74) is 0.570. The molecule has 1 aromatic heterocycles. The van der Waals surface area contributed by atoms with Crippen molar-refractivity contribution in [3.8, 4) is 0 Å². The summed E-state index contributed by atoms with van der Waals surface area (Å²) >= 11 is 0. The first-order valence-electron chi connectivity index (χ1n) is 11.7. The highest BCUT2D eigenvalue weighted by atomic mass is 19.4. The second kappa shape index (κ2) is 10.8. The van der Waals surface area contributed by atoms with Crippen LogP contribution >= 0.6 is 0 Å². The van der Waals surface area contributed by atoms with Crippen molar-refractivity contribution < 1.29 is 27.8 Å². The molecule has 0 bridgehead atoms. The molecule has 0 spiro atoms. The van der Waals surface area contributed by atoms with Gasteiger partial charge in [0.2, 0.25) is 18.3 Å². The second-order valence-corrected chi connectivity index (χ2v) is 8.89. The lowest BCUT2D eigenvalue weighted by Crippen LogP contribution is -2.36. The average molecular weight is 507 g/mol. The zero-order valence-corrected chi connectivity index (χ0v) is 19.8. The Balaban J connectivity index is 1.61. The fraction of sp³-hybridized carbons (Fsp3) is 0.458. The molecule has 2 aliphatic rings. The number of nitrogens with one attached hydrogen (secondary N) is 3. The lowest BCUT2D eigenvalue weighted by Gasteiger charge is -2.27. The van der Waals surface area contributed by atoms with Crippen LogP contribution in [0.1, 0.15) is 42.7 Å². The van der Waals surface area contributed by atoms with E-state index >= 15 is 0 Å². The molecule has 1 aliphatic carbocycles. The molecule has 12 heteroatoms. The maximum absolute atomic E-state index is 13.8. The summed E-state index contributed by atoms with van der Waals surface area (Å²) in [6.07, 6.45) is -0.152. The minimum absolute atomic E-state index is 0.00650. The van der Waals surface area contributed by atoms with E-state index in [0.29, 0.717) is 31.1 Å². The lowest BCUT2D eigenvalue weighted by molar-refractivity contribution is -0.169. The molecule has 4 N–H and O–H groups in total. The van der Waals surface area contributed by atoms with Crippen LogP contribution in [0.5, 0.6) is 0 Å². The van der Waals surface area contributed by atoms with E-state index in [2.05, 4.69) is 32.5 Å². The predicted molar refractivity (Wildman–Crippen MR) is 129 cm³/mol. The number of alkyl halides is 3. The Hall–Kier alpha value is -3.22. The SMILES string of the molecule is C=CC(=O)Nc1cc(C2CCC2)ccc1Nc1nc(NC2CCN(C(O)OC)C2)ncc1C(F)(F)F. The molecule has 2 fully saturated rings. The van der Waals surface area contributed by atoms with Crippen molar-refractivity contribution in [2.45, 2.75) is 50.2 Å². The van der Waals surface area contributed by atoms with Crippen LogP contribution in [0.4, 0.5) is 36.3 Å². The van der Waals surface area contributed by atoms with Crippen molar-refractivity contribution in [1.29, 1.82) is 0 Å². The fourth-order valence-corrected chi connectivity index (χ4v) is 4.27. The third-order valence-electron chi connectivity index (χ3n) is 6.49. The number of benzene rings is 1.